The van der Waals surface area contributed by atoms with Crippen LogP contribution in [0.15, 0.2) is 42.5 Å². The number of ketones is 1. The number of ether oxygens (including phenoxy) is 1. The molecule has 1 heterocycles. The summed E-state index contributed by atoms with van der Waals surface area (Å²) in [5.74, 6) is 0.144. The van der Waals surface area contributed by atoms with Crippen LogP contribution in [0.5, 0.6) is 5.75 Å². The van der Waals surface area contributed by atoms with Crippen LogP contribution >= 0.6 is 0 Å². The minimum Gasteiger partial charge on any atom is -0.489 e. The van der Waals surface area contributed by atoms with E-state index in [4.69, 9.17) is 4.74 Å². The van der Waals surface area contributed by atoms with Crippen molar-refractivity contribution >= 4 is 11.5 Å². The van der Waals surface area contributed by atoms with Crippen LogP contribution in [0, 0.1) is 16.0 Å². The highest BCUT2D eigenvalue weighted by Crippen LogP contribution is 2.38. The predicted molar refractivity (Wildman–Crippen MR) is 79.2 cm³/mol. The normalized spacial score (nSPS) is 22.1. The summed E-state index contributed by atoms with van der Waals surface area (Å²) < 4.78 is 5.95. The van der Waals surface area contributed by atoms with Crippen LogP contribution in [0.25, 0.3) is 0 Å². The first-order chi connectivity index (χ1) is 10.6. The van der Waals surface area contributed by atoms with Crippen LogP contribution in [0.4, 0.5) is 5.69 Å². The standard InChI is InChI=1S/C17H13NO4/c19-17-13-7-10-3-1-2-4-11(10)8-16(13)22-15-6-5-12(18(20)21)9-14(15)17/h1-6,9,13,16H,7-8H2/t13-,16+/m0/s1. The Morgan fingerprint density at radius 2 is 1.82 bits per heavy atom. The van der Waals surface area contributed by atoms with Crippen molar-refractivity contribution in [3.05, 3.63) is 69.3 Å². The van der Waals surface area contributed by atoms with E-state index in [1.165, 1.54) is 23.8 Å². The van der Waals surface area contributed by atoms with Gasteiger partial charge in [-0.1, -0.05) is 24.3 Å². The molecule has 0 amide bonds. The molecule has 2 aromatic carbocycles. The lowest BCUT2D eigenvalue weighted by Crippen LogP contribution is -2.43. The third-order valence-corrected chi connectivity index (χ3v) is 4.48. The van der Waals surface area contributed by atoms with Gasteiger partial charge < -0.3 is 4.74 Å². The fraction of sp³-hybridized carbons (Fsp3) is 0.235. The maximum absolute atomic E-state index is 12.7. The number of rotatable bonds is 1. The molecule has 5 heteroatoms. The number of non-ortho nitro benzene ring substituents is 1. The average molecular weight is 295 g/mol. The van der Waals surface area contributed by atoms with Crippen molar-refractivity contribution in [1.82, 2.24) is 0 Å². The second-order valence-corrected chi connectivity index (χ2v) is 5.74. The largest absolute Gasteiger partial charge is 0.489 e. The van der Waals surface area contributed by atoms with E-state index in [1.54, 1.807) is 0 Å². The van der Waals surface area contributed by atoms with Crippen molar-refractivity contribution < 1.29 is 14.5 Å². The van der Waals surface area contributed by atoms with Gasteiger partial charge in [0, 0.05) is 18.6 Å². The first-order valence-electron chi connectivity index (χ1n) is 7.19. The van der Waals surface area contributed by atoms with Crippen LogP contribution in [0.3, 0.4) is 0 Å². The summed E-state index contributed by atoms with van der Waals surface area (Å²) in [6.07, 6.45) is 1.14. The molecular weight excluding hydrogens is 282 g/mol. The highest BCUT2D eigenvalue weighted by molar-refractivity contribution is 6.02. The van der Waals surface area contributed by atoms with Gasteiger partial charge in [0.2, 0.25) is 0 Å². The van der Waals surface area contributed by atoms with Crippen molar-refractivity contribution in [2.75, 3.05) is 0 Å². The molecule has 0 N–H and O–H groups in total. The van der Waals surface area contributed by atoms with E-state index in [0.29, 0.717) is 24.2 Å². The molecule has 0 aromatic heterocycles. The summed E-state index contributed by atoms with van der Waals surface area (Å²) in [6, 6.07) is 12.3. The molecule has 0 fully saturated rings. The zero-order valence-corrected chi connectivity index (χ0v) is 11.7. The molecule has 0 spiro atoms. The molecule has 22 heavy (non-hydrogen) atoms. The Morgan fingerprint density at radius 1 is 1.09 bits per heavy atom. The van der Waals surface area contributed by atoms with Gasteiger partial charge in [0.1, 0.15) is 11.9 Å². The highest BCUT2D eigenvalue weighted by atomic mass is 16.6. The summed E-state index contributed by atoms with van der Waals surface area (Å²) in [7, 11) is 0. The molecule has 0 radical (unpaired) electrons. The zero-order valence-electron chi connectivity index (χ0n) is 11.7. The molecular formula is C17H13NO4. The molecule has 1 aliphatic carbocycles. The number of nitro groups is 1. The number of carbonyl (C=O) groups excluding carboxylic acids is 1. The SMILES string of the molecule is O=C1c2cc([N+](=O)[O-])ccc2O[C@@H]2Cc3ccccc3C[C@H]12. The Balaban J connectivity index is 1.75. The van der Waals surface area contributed by atoms with Gasteiger partial charge >= 0.3 is 0 Å². The van der Waals surface area contributed by atoms with E-state index in [0.717, 1.165) is 5.56 Å². The summed E-state index contributed by atoms with van der Waals surface area (Å²) in [5.41, 5.74) is 2.62. The Labute approximate surface area is 126 Å². The quantitative estimate of drug-likeness (QED) is 0.599. The zero-order chi connectivity index (χ0) is 15.3. The van der Waals surface area contributed by atoms with E-state index in [1.807, 2.05) is 18.2 Å². The fourth-order valence-corrected chi connectivity index (χ4v) is 3.36. The Bertz CT molecular complexity index is 799. The van der Waals surface area contributed by atoms with Crippen molar-refractivity contribution in [3.8, 4) is 5.75 Å². The van der Waals surface area contributed by atoms with Gasteiger partial charge in [-0.15, -0.1) is 0 Å². The maximum atomic E-state index is 12.7. The molecule has 2 aromatic rings. The molecule has 2 aliphatic rings. The molecule has 110 valence electrons. The van der Waals surface area contributed by atoms with Crippen molar-refractivity contribution in [1.29, 1.82) is 0 Å². The van der Waals surface area contributed by atoms with Crippen molar-refractivity contribution in [2.24, 2.45) is 5.92 Å². The average Bonchev–Trinajstić information content (AvgIpc) is 2.53. The van der Waals surface area contributed by atoms with Crippen LogP contribution in [-0.4, -0.2) is 16.8 Å². The number of benzene rings is 2. The van der Waals surface area contributed by atoms with Gasteiger partial charge in [-0.3, -0.25) is 14.9 Å². The second kappa shape index (κ2) is 4.66. The minimum atomic E-state index is -0.490. The van der Waals surface area contributed by atoms with Gasteiger partial charge in [0.15, 0.2) is 5.78 Å². The van der Waals surface area contributed by atoms with E-state index in [2.05, 4.69) is 6.07 Å². The number of hydrogen-bond donors (Lipinski definition) is 0. The second-order valence-electron chi connectivity index (χ2n) is 5.74. The Morgan fingerprint density at radius 3 is 2.55 bits per heavy atom. The van der Waals surface area contributed by atoms with Gasteiger partial charge in [-0.25, -0.2) is 0 Å². The molecule has 0 saturated carbocycles. The monoisotopic (exact) mass is 295 g/mol. The maximum Gasteiger partial charge on any atom is 0.270 e. The van der Waals surface area contributed by atoms with E-state index in [-0.39, 0.29) is 23.5 Å². The molecule has 0 unspecified atom stereocenters. The number of hydrogen-bond acceptors (Lipinski definition) is 4. The van der Waals surface area contributed by atoms with Gasteiger partial charge in [-0.05, 0) is 23.6 Å². The van der Waals surface area contributed by atoms with Crippen molar-refractivity contribution in [2.45, 2.75) is 18.9 Å². The smallest absolute Gasteiger partial charge is 0.270 e. The summed E-state index contributed by atoms with van der Waals surface area (Å²) in [4.78, 5) is 23.1. The topological polar surface area (TPSA) is 69.4 Å². The molecule has 0 bridgehead atoms. The predicted octanol–water partition coefficient (Wildman–Crippen LogP) is 2.95. The van der Waals surface area contributed by atoms with Crippen LogP contribution in [0.1, 0.15) is 21.5 Å². The first-order valence-corrected chi connectivity index (χ1v) is 7.19. The molecule has 2 atom stereocenters. The highest BCUT2D eigenvalue weighted by Gasteiger charge is 2.40. The molecule has 5 nitrogen and oxygen atoms in total. The van der Waals surface area contributed by atoms with Gasteiger partial charge in [-0.2, -0.15) is 0 Å². The van der Waals surface area contributed by atoms with Gasteiger partial charge in [0.25, 0.3) is 5.69 Å². The van der Waals surface area contributed by atoms with Crippen LogP contribution in [0.2, 0.25) is 0 Å². The lowest BCUT2D eigenvalue weighted by molar-refractivity contribution is -0.384. The van der Waals surface area contributed by atoms with E-state index >= 15 is 0 Å². The van der Waals surface area contributed by atoms with Gasteiger partial charge in [0.05, 0.1) is 16.4 Å². The van der Waals surface area contributed by atoms with Crippen LogP contribution < -0.4 is 4.74 Å². The number of nitro benzene ring substituents is 1. The van der Waals surface area contributed by atoms with E-state index in [9.17, 15) is 14.9 Å². The minimum absolute atomic E-state index is 0.0514. The van der Waals surface area contributed by atoms with Crippen molar-refractivity contribution in [3.63, 3.8) is 0 Å². The third kappa shape index (κ3) is 1.89. The summed E-state index contributed by atoms with van der Waals surface area (Å²) >= 11 is 0. The number of Topliss-reactive ketones (excluding diaryl/α,β-unsaturated/α-hetero) is 1. The van der Waals surface area contributed by atoms with Crippen LogP contribution in [-0.2, 0) is 12.8 Å². The third-order valence-electron chi connectivity index (χ3n) is 4.48. The number of carbonyl (C=O) groups is 1. The fourth-order valence-electron chi connectivity index (χ4n) is 3.36. The lowest BCUT2D eigenvalue weighted by atomic mass is 9.76. The summed E-state index contributed by atoms with van der Waals surface area (Å²) in [6.45, 7) is 0. The molecule has 4 rings (SSSR count). The van der Waals surface area contributed by atoms with E-state index < -0.39 is 4.92 Å². The summed E-state index contributed by atoms with van der Waals surface area (Å²) in [5, 5.41) is 10.9. The lowest BCUT2D eigenvalue weighted by Gasteiger charge is -2.36. The number of nitrogens with zero attached hydrogens (tertiary/aromatic N) is 1. The molecule has 0 saturated heterocycles. The first kappa shape index (κ1) is 13.0. The Hall–Kier alpha value is -2.69. The number of fused-ring (bicyclic) bond motifs is 3. The Kier molecular flexibility index (Phi) is 2.76. The molecule has 1 aliphatic heterocycles.